The molecule has 0 aromatic heterocycles. The fourth-order valence-corrected chi connectivity index (χ4v) is 3.55. The number of anilines is 1. The van der Waals surface area contributed by atoms with E-state index in [-0.39, 0.29) is 10.6 Å². The maximum Gasteiger partial charge on any atom is 0.180 e. The summed E-state index contributed by atoms with van der Waals surface area (Å²) in [6.45, 7) is 0.319. The Morgan fingerprint density at radius 1 is 1.14 bits per heavy atom. The van der Waals surface area contributed by atoms with Gasteiger partial charge in [-0.1, -0.05) is 12.1 Å². The molecule has 108 valence electrons. The number of nitrogens with zero attached hydrogens (tertiary/aromatic N) is 1. The Labute approximate surface area is 137 Å². The van der Waals surface area contributed by atoms with Crippen LogP contribution in [0.1, 0.15) is 5.56 Å². The predicted molar refractivity (Wildman–Crippen MR) is 90.9 cm³/mol. The second-order valence-electron chi connectivity index (χ2n) is 4.40. The molecule has 0 amide bonds. The average molecular weight is 412 g/mol. The van der Waals surface area contributed by atoms with Crippen molar-refractivity contribution in [3.8, 4) is 6.07 Å². The minimum Gasteiger partial charge on any atom is -0.384 e. The van der Waals surface area contributed by atoms with Gasteiger partial charge in [-0.05, 0) is 59.0 Å². The molecule has 2 aromatic rings. The van der Waals surface area contributed by atoms with Gasteiger partial charge in [0.25, 0.3) is 0 Å². The quantitative estimate of drug-likeness (QED) is 0.767. The molecule has 0 heterocycles. The lowest BCUT2D eigenvalue weighted by Gasteiger charge is -2.08. The Hall–Kier alpha value is -1.59. The molecule has 4 nitrogen and oxygen atoms in total. The number of benzene rings is 2. The summed E-state index contributed by atoms with van der Waals surface area (Å²) in [5, 5.41) is 11.9. The van der Waals surface area contributed by atoms with Crippen LogP contribution in [0.5, 0.6) is 0 Å². The molecule has 0 spiro atoms. The number of rotatable bonds is 5. The summed E-state index contributed by atoms with van der Waals surface area (Å²) in [5.41, 5.74) is 1.24. The molecular formula is C15H13IN2O2S. The molecule has 0 aliphatic carbocycles. The third kappa shape index (κ3) is 4.44. The van der Waals surface area contributed by atoms with Crippen molar-refractivity contribution in [2.45, 2.75) is 4.90 Å². The number of hydrogen-bond acceptors (Lipinski definition) is 4. The lowest BCUT2D eigenvalue weighted by molar-refractivity contribution is 0.596. The summed E-state index contributed by atoms with van der Waals surface area (Å²) < 4.78 is 25.5. The van der Waals surface area contributed by atoms with Crippen LogP contribution in [0.3, 0.4) is 0 Å². The fourth-order valence-electron chi connectivity index (χ4n) is 1.81. The van der Waals surface area contributed by atoms with Gasteiger partial charge in [0, 0.05) is 15.8 Å². The minimum atomic E-state index is -3.39. The first-order valence-electron chi connectivity index (χ1n) is 6.24. The molecule has 2 rings (SSSR count). The molecule has 0 aliphatic heterocycles. The smallest absolute Gasteiger partial charge is 0.180 e. The maximum absolute atomic E-state index is 12.2. The molecule has 6 heteroatoms. The predicted octanol–water partition coefficient (Wildman–Crippen LogP) is 3.05. The van der Waals surface area contributed by atoms with Gasteiger partial charge in [0.05, 0.1) is 22.3 Å². The van der Waals surface area contributed by atoms with E-state index in [0.29, 0.717) is 12.1 Å². The zero-order valence-corrected chi connectivity index (χ0v) is 14.1. The molecule has 0 unspecified atom stereocenters. The van der Waals surface area contributed by atoms with Crippen LogP contribution < -0.4 is 5.32 Å². The molecule has 0 atom stereocenters. The van der Waals surface area contributed by atoms with Crippen molar-refractivity contribution in [2.24, 2.45) is 0 Å². The van der Waals surface area contributed by atoms with Crippen molar-refractivity contribution in [3.63, 3.8) is 0 Å². The minimum absolute atomic E-state index is 0.0205. The number of hydrogen-bond donors (Lipinski definition) is 1. The number of nitrogens with one attached hydrogen (secondary N) is 1. The van der Waals surface area contributed by atoms with E-state index < -0.39 is 9.84 Å². The Morgan fingerprint density at radius 3 is 2.62 bits per heavy atom. The summed E-state index contributed by atoms with van der Waals surface area (Å²) in [5.74, 6) is -0.0205. The first kappa shape index (κ1) is 15.8. The second kappa shape index (κ2) is 6.91. The standard InChI is InChI=1S/C15H13IN2O2S/c16-13-4-2-5-14(10-13)18-7-8-21(19,20)15-6-1-3-12(9-15)11-17/h1-6,9-10,18H,7-8H2. The van der Waals surface area contributed by atoms with Crippen LogP contribution in [0.15, 0.2) is 53.4 Å². The van der Waals surface area contributed by atoms with Crippen LogP contribution in [0.2, 0.25) is 0 Å². The van der Waals surface area contributed by atoms with Crippen LogP contribution >= 0.6 is 22.6 Å². The third-order valence-electron chi connectivity index (χ3n) is 2.85. The summed E-state index contributed by atoms with van der Waals surface area (Å²) in [6.07, 6.45) is 0. The largest absolute Gasteiger partial charge is 0.384 e. The van der Waals surface area contributed by atoms with Crippen LogP contribution in [0, 0.1) is 14.9 Å². The summed E-state index contributed by atoms with van der Waals surface area (Å²) in [6, 6.07) is 15.8. The molecule has 0 aliphatic rings. The molecule has 2 aromatic carbocycles. The topological polar surface area (TPSA) is 70.0 Å². The lowest BCUT2D eigenvalue weighted by Crippen LogP contribution is -2.16. The van der Waals surface area contributed by atoms with Gasteiger partial charge in [0.15, 0.2) is 9.84 Å². The highest BCUT2D eigenvalue weighted by atomic mass is 127. The lowest BCUT2D eigenvalue weighted by atomic mass is 10.2. The highest BCUT2D eigenvalue weighted by Gasteiger charge is 2.14. The van der Waals surface area contributed by atoms with E-state index in [9.17, 15) is 8.42 Å². The van der Waals surface area contributed by atoms with Gasteiger partial charge in [0.2, 0.25) is 0 Å². The Balaban J connectivity index is 2.03. The van der Waals surface area contributed by atoms with Crippen molar-refractivity contribution >= 4 is 38.1 Å². The van der Waals surface area contributed by atoms with Gasteiger partial charge < -0.3 is 5.32 Å². The van der Waals surface area contributed by atoms with E-state index in [4.69, 9.17) is 5.26 Å². The summed E-state index contributed by atoms with van der Waals surface area (Å²) in [7, 11) is -3.39. The highest BCUT2D eigenvalue weighted by molar-refractivity contribution is 14.1. The summed E-state index contributed by atoms with van der Waals surface area (Å²) in [4.78, 5) is 0.186. The monoisotopic (exact) mass is 412 g/mol. The van der Waals surface area contributed by atoms with Crippen molar-refractivity contribution < 1.29 is 8.42 Å². The van der Waals surface area contributed by atoms with E-state index in [0.717, 1.165) is 9.26 Å². The van der Waals surface area contributed by atoms with Crippen LogP contribution in [0.4, 0.5) is 5.69 Å². The Bertz CT molecular complexity index is 782. The normalized spacial score (nSPS) is 10.9. The molecule has 1 N–H and O–H groups in total. The zero-order chi connectivity index (χ0) is 15.3. The van der Waals surface area contributed by atoms with Crippen LogP contribution in [0.25, 0.3) is 0 Å². The zero-order valence-electron chi connectivity index (χ0n) is 11.1. The first-order chi connectivity index (χ1) is 10.0. The van der Waals surface area contributed by atoms with E-state index in [1.165, 1.54) is 12.1 Å². The number of sulfone groups is 1. The van der Waals surface area contributed by atoms with Gasteiger partial charge in [-0.25, -0.2) is 8.42 Å². The number of halogens is 1. The van der Waals surface area contributed by atoms with Gasteiger partial charge in [-0.2, -0.15) is 5.26 Å². The summed E-state index contributed by atoms with van der Waals surface area (Å²) >= 11 is 2.20. The van der Waals surface area contributed by atoms with Gasteiger partial charge in [0.1, 0.15) is 0 Å². The first-order valence-corrected chi connectivity index (χ1v) is 8.97. The van der Waals surface area contributed by atoms with Gasteiger partial charge in [-0.15, -0.1) is 0 Å². The van der Waals surface area contributed by atoms with Gasteiger partial charge >= 0.3 is 0 Å². The Kier molecular flexibility index (Phi) is 5.20. The van der Waals surface area contributed by atoms with Crippen molar-refractivity contribution in [1.82, 2.24) is 0 Å². The van der Waals surface area contributed by atoms with E-state index in [1.54, 1.807) is 12.1 Å². The van der Waals surface area contributed by atoms with Gasteiger partial charge in [-0.3, -0.25) is 0 Å². The SMILES string of the molecule is N#Cc1cccc(S(=O)(=O)CCNc2cccc(I)c2)c1. The van der Waals surface area contributed by atoms with E-state index in [2.05, 4.69) is 27.9 Å². The number of nitriles is 1. The van der Waals surface area contributed by atoms with Crippen molar-refractivity contribution in [1.29, 1.82) is 5.26 Å². The molecule has 0 saturated heterocycles. The van der Waals surface area contributed by atoms with Crippen molar-refractivity contribution in [3.05, 3.63) is 57.7 Å². The van der Waals surface area contributed by atoms with E-state index >= 15 is 0 Å². The van der Waals surface area contributed by atoms with Crippen LogP contribution in [-0.4, -0.2) is 20.7 Å². The molecule has 0 bridgehead atoms. The van der Waals surface area contributed by atoms with E-state index in [1.807, 2.05) is 30.3 Å². The Morgan fingerprint density at radius 2 is 1.90 bits per heavy atom. The molecule has 0 radical (unpaired) electrons. The maximum atomic E-state index is 12.2. The second-order valence-corrected chi connectivity index (χ2v) is 7.75. The molecule has 21 heavy (non-hydrogen) atoms. The molecule has 0 saturated carbocycles. The average Bonchev–Trinajstić information content (AvgIpc) is 2.47. The molecular weight excluding hydrogens is 399 g/mol. The highest BCUT2D eigenvalue weighted by Crippen LogP contribution is 2.15. The fraction of sp³-hybridized carbons (Fsp3) is 0.133. The molecule has 0 fully saturated rings. The van der Waals surface area contributed by atoms with Crippen molar-refractivity contribution in [2.75, 3.05) is 17.6 Å². The third-order valence-corrected chi connectivity index (χ3v) is 5.23. The van der Waals surface area contributed by atoms with Crippen LogP contribution in [-0.2, 0) is 9.84 Å².